The smallest absolute Gasteiger partial charge is 0.224 e. The highest BCUT2D eigenvalue weighted by molar-refractivity contribution is 7.99. The second-order valence-electron chi connectivity index (χ2n) is 4.96. The Hall–Kier alpha value is -1.94. The van der Waals surface area contributed by atoms with E-state index in [0.29, 0.717) is 12.1 Å². The normalized spacial score (nSPS) is 13.8. The van der Waals surface area contributed by atoms with E-state index in [2.05, 4.69) is 30.4 Å². The second kappa shape index (κ2) is 5.21. The van der Waals surface area contributed by atoms with Gasteiger partial charge in [-0.05, 0) is 42.7 Å². The fourth-order valence-corrected chi connectivity index (χ4v) is 3.29. The molecule has 0 aromatic heterocycles. The number of nitrogens with one attached hydrogen (secondary N) is 1. The zero-order chi connectivity index (χ0) is 14.1. The topological polar surface area (TPSA) is 55.1 Å². The second-order valence-corrected chi connectivity index (χ2v) is 6.05. The zero-order valence-electron chi connectivity index (χ0n) is 11.3. The number of hydrogen-bond acceptors (Lipinski definition) is 3. The minimum absolute atomic E-state index is 0.0659. The number of hydrogen-bond donors (Lipinski definition) is 2. The molecule has 0 unspecified atom stereocenters. The molecule has 0 fully saturated rings. The first-order valence-corrected chi connectivity index (χ1v) is 7.41. The maximum absolute atomic E-state index is 11.4. The summed E-state index contributed by atoms with van der Waals surface area (Å²) >= 11 is 1.68. The van der Waals surface area contributed by atoms with Crippen molar-refractivity contribution in [1.29, 1.82) is 0 Å². The van der Waals surface area contributed by atoms with Crippen molar-refractivity contribution in [2.45, 2.75) is 29.6 Å². The molecule has 0 saturated carbocycles. The summed E-state index contributed by atoms with van der Waals surface area (Å²) in [6.07, 6.45) is 1.33. The number of benzene rings is 2. The Balaban J connectivity index is 1.95. The van der Waals surface area contributed by atoms with E-state index in [0.717, 1.165) is 22.6 Å². The summed E-state index contributed by atoms with van der Waals surface area (Å²) in [5.41, 5.74) is 10.1. The van der Waals surface area contributed by atoms with Crippen LogP contribution < -0.4 is 11.1 Å². The summed E-state index contributed by atoms with van der Waals surface area (Å²) in [7, 11) is 0. The highest BCUT2D eigenvalue weighted by Crippen LogP contribution is 2.38. The summed E-state index contributed by atoms with van der Waals surface area (Å²) < 4.78 is 0. The largest absolute Gasteiger partial charge is 0.398 e. The number of fused-ring (bicyclic) bond motifs is 1. The predicted octanol–water partition coefficient (Wildman–Crippen LogP) is 3.61. The molecule has 1 amide bonds. The zero-order valence-corrected chi connectivity index (χ0v) is 12.1. The van der Waals surface area contributed by atoms with Crippen LogP contribution in [0.5, 0.6) is 0 Å². The third-order valence-electron chi connectivity index (χ3n) is 3.44. The number of rotatable bonds is 2. The van der Waals surface area contributed by atoms with Gasteiger partial charge in [-0.2, -0.15) is 0 Å². The van der Waals surface area contributed by atoms with E-state index in [4.69, 9.17) is 5.73 Å². The van der Waals surface area contributed by atoms with E-state index in [9.17, 15) is 4.79 Å². The number of aryl methyl sites for hydroxylation is 2. The first-order valence-electron chi connectivity index (χ1n) is 6.59. The molecule has 1 aliphatic rings. The summed E-state index contributed by atoms with van der Waals surface area (Å²) in [5, 5.41) is 2.87. The average Bonchev–Trinajstić information content (AvgIpc) is 2.42. The van der Waals surface area contributed by atoms with Gasteiger partial charge in [0.15, 0.2) is 0 Å². The van der Waals surface area contributed by atoms with E-state index in [1.807, 2.05) is 18.2 Å². The summed E-state index contributed by atoms with van der Waals surface area (Å²) in [6.45, 7) is 2.09. The van der Waals surface area contributed by atoms with Crippen molar-refractivity contribution >= 4 is 29.0 Å². The van der Waals surface area contributed by atoms with Gasteiger partial charge in [-0.3, -0.25) is 4.79 Å². The number of nitrogen functional groups attached to an aromatic ring is 1. The highest BCUT2D eigenvalue weighted by Gasteiger charge is 2.17. The molecule has 102 valence electrons. The van der Waals surface area contributed by atoms with Crippen LogP contribution >= 0.6 is 11.8 Å². The number of carbonyl (C=O) groups excluding carboxylic acids is 1. The molecule has 0 aliphatic carbocycles. The summed E-state index contributed by atoms with van der Waals surface area (Å²) in [5.74, 6) is 0.0659. The van der Waals surface area contributed by atoms with Crippen molar-refractivity contribution < 1.29 is 4.79 Å². The van der Waals surface area contributed by atoms with Crippen LogP contribution in [0, 0.1) is 6.92 Å². The minimum atomic E-state index is 0.0659. The van der Waals surface area contributed by atoms with Crippen molar-refractivity contribution in [3.05, 3.63) is 47.5 Å². The van der Waals surface area contributed by atoms with E-state index < -0.39 is 0 Å². The molecule has 0 bridgehead atoms. The van der Waals surface area contributed by atoms with Crippen LogP contribution in [0.15, 0.2) is 46.2 Å². The van der Waals surface area contributed by atoms with Crippen molar-refractivity contribution in [3.63, 3.8) is 0 Å². The lowest BCUT2D eigenvalue weighted by Crippen LogP contribution is -2.19. The molecule has 0 saturated heterocycles. The Labute approximate surface area is 122 Å². The molecular formula is C16H16N2OS. The van der Waals surface area contributed by atoms with Crippen LogP contribution in [0.2, 0.25) is 0 Å². The van der Waals surface area contributed by atoms with Crippen LogP contribution in [-0.2, 0) is 11.2 Å². The molecule has 1 aliphatic heterocycles. The van der Waals surface area contributed by atoms with Crippen molar-refractivity contribution in [3.8, 4) is 0 Å². The molecule has 3 nitrogen and oxygen atoms in total. The van der Waals surface area contributed by atoms with Gasteiger partial charge in [0.25, 0.3) is 0 Å². The lowest BCUT2D eigenvalue weighted by Gasteiger charge is -2.19. The van der Waals surface area contributed by atoms with Crippen molar-refractivity contribution in [1.82, 2.24) is 0 Å². The minimum Gasteiger partial charge on any atom is -0.398 e. The molecule has 2 aromatic rings. The molecule has 3 rings (SSSR count). The predicted molar refractivity (Wildman–Crippen MR) is 83.1 cm³/mol. The lowest BCUT2D eigenvalue weighted by molar-refractivity contribution is -0.116. The van der Waals surface area contributed by atoms with Gasteiger partial charge in [-0.1, -0.05) is 30.0 Å². The molecular weight excluding hydrogens is 268 g/mol. The van der Waals surface area contributed by atoms with Crippen LogP contribution in [0.4, 0.5) is 11.4 Å². The van der Waals surface area contributed by atoms with Gasteiger partial charge >= 0.3 is 0 Å². The third kappa shape index (κ3) is 2.51. The molecule has 0 spiro atoms. The Kier molecular flexibility index (Phi) is 3.40. The Morgan fingerprint density at radius 2 is 1.95 bits per heavy atom. The monoisotopic (exact) mass is 284 g/mol. The van der Waals surface area contributed by atoms with Gasteiger partial charge in [-0.15, -0.1) is 0 Å². The maximum atomic E-state index is 11.4. The Morgan fingerprint density at radius 1 is 1.15 bits per heavy atom. The molecule has 3 N–H and O–H groups in total. The van der Waals surface area contributed by atoms with E-state index in [1.54, 1.807) is 11.8 Å². The molecule has 0 radical (unpaired) electrons. The molecule has 20 heavy (non-hydrogen) atoms. The van der Waals surface area contributed by atoms with Gasteiger partial charge in [-0.25, -0.2) is 0 Å². The quantitative estimate of drug-likeness (QED) is 0.828. The molecule has 0 atom stereocenters. The lowest BCUT2D eigenvalue weighted by atomic mass is 10.0. The standard InChI is InChI=1S/C16H16N2OS/c1-10-4-2-3-5-14(10)20-15-8-11-6-7-16(19)18-13(11)9-12(15)17/h2-5,8-9H,6-7,17H2,1H3,(H,18,19). The van der Waals surface area contributed by atoms with Gasteiger partial charge < -0.3 is 11.1 Å². The first-order chi connectivity index (χ1) is 9.63. The highest BCUT2D eigenvalue weighted by atomic mass is 32.2. The van der Waals surface area contributed by atoms with E-state index in [-0.39, 0.29) is 5.91 Å². The van der Waals surface area contributed by atoms with Crippen molar-refractivity contribution in [2.75, 3.05) is 11.1 Å². The third-order valence-corrected chi connectivity index (χ3v) is 4.70. The van der Waals surface area contributed by atoms with Gasteiger partial charge in [0, 0.05) is 27.6 Å². The molecule has 2 aromatic carbocycles. The number of carbonyl (C=O) groups is 1. The Bertz CT molecular complexity index is 682. The molecule has 4 heteroatoms. The van der Waals surface area contributed by atoms with Crippen LogP contribution in [0.3, 0.4) is 0 Å². The number of nitrogens with two attached hydrogens (primary N) is 1. The number of amides is 1. The SMILES string of the molecule is Cc1ccccc1Sc1cc2c(cc1N)NC(=O)CC2. The summed E-state index contributed by atoms with van der Waals surface area (Å²) in [6, 6.07) is 12.2. The summed E-state index contributed by atoms with van der Waals surface area (Å²) in [4.78, 5) is 13.7. The average molecular weight is 284 g/mol. The van der Waals surface area contributed by atoms with E-state index >= 15 is 0 Å². The molecule has 1 heterocycles. The van der Waals surface area contributed by atoms with Crippen LogP contribution in [0.25, 0.3) is 0 Å². The number of anilines is 2. The maximum Gasteiger partial charge on any atom is 0.224 e. The fourth-order valence-electron chi connectivity index (χ4n) is 2.30. The Morgan fingerprint density at radius 3 is 2.75 bits per heavy atom. The van der Waals surface area contributed by atoms with Crippen LogP contribution in [-0.4, -0.2) is 5.91 Å². The van der Waals surface area contributed by atoms with Gasteiger partial charge in [0.1, 0.15) is 0 Å². The first kappa shape index (κ1) is 13.1. The van der Waals surface area contributed by atoms with Crippen molar-refractivity contribution in [2.24, 2.45) is 0 Å². The fraction of sp³-hybridized carbons (Fsp3) is 0.188. The van der Waals surface area contributed by atoms with Gasteiger partial charge in [0.2, 0.25) is 5.91 Å². The van der Waals surface area contributed by atoms with Crippen LogP contribution in [0.1, 0.15) is 17.5 Å². The van der Waals surface area contributed by atoms with Gasteiger partial charge in [0.05, 0.1) is 0 Å². The van der Waals surface area contributed by atoms with E-state index in [1.165, 1.54) is 10.5 Å².